The van der Waals surface area contributed by atoms with Crippen LogP contribution in [0.25, 0.3) is 0 Å². The van der Waals surface area contributed by atoms with Gasteiger partial charge in [0, 0.05) is 49.6 Å². The molecule has 1 aromatic rings. The van der Waals surface area contributed by atoms with Crippen LogP contribution < -0.4 is 15.5 Å². The molecule has 2 saturated carbocycles. The van der Waals surface area contributed by atoms with Gasteiger partial charge in [0.05, 0.1) is 24.1 Å². The molecule has 3 unspecified atom stereocenters. The summed E-state index contributed by atoms with van der Waals surface area (Å²) in [7, 11) is -7.03. The predicted molar refractivity (Wildman–Crippen MR) is 158 cm³/mol. The van der Waals surface area contributed by atoms with Gasteiger partial charge in [0.25, 0.3) is 0 Å². The molecule has 2 aliphatic carbocycles. The number of hydrogen-bond acceptors (Lipinski definition) is 8. The number of carboxylic acid groups (broad SMARTS) is 1. The highest BCUT2D eigenvalue weighted by molar-refractivity contribution is 7.90. The fraction of sp³-hybridized carbons (Fsp3) is 0.714. The van der Waals surface area contributed by atoms with Crippen LogP contribution in [0, 0.1) is 23.7 Å². The van der Waals surface area contributed by atoms with E-state index in [1.54, 1.807) is 4.31 Å². The van der Waals surface area contributed by atoms with Gasteiger partial charge in [-0.05, 0) is 55.6 Å². The van der Waals surface area contributed by atoms with Gasteiger partial charge in [-0.1, -0.05) is 32.0 Å². The van der Waals surface area contributed by atoms with E-state index in [9.17, 15) is 26.4 Å². The summed E-state index contributed by atoms with van der Waals surface area (Å²) in [6.45, 7) is 7.71. The van der Waals surface area contributed by atoms with Crippen LogP contribution in [0.4, 0.5) is 5.69 Å². The number of amides is 1. The number of hydrogen-bond donors (Lipinski definition) is 3. The number of carbonyl (C=O) groups excluding carboxylic acids is 1. The summed E-state index contributed by atoms with van der Waals surface area (Å²) in [4.78, 5) is 26.8. The second-order valence-electron chi connectivity index (χ2n) is 12.6. The normalized spacial score (nSPS) is 27.1. The van der Waals surface area contributed by atoms with Crippen LogP contribution in [0.2, 0.25) is 0 Å². The zero-order valence-electron chi connectivity index (χ0n) is 24.4. The van der Waals surface area contributed by atoms with E-state index in [2.05, 4.69) is 35.4 Å². The Bertz CT molecular complexity index is 1360. The van der Waals surface area contributed by atoms with Crippen LogP contribution in [0.5, 0.6) is 0 Å². The molecule has 230 valence electrons. The van der Waals surface area contributed by atoms with E-state index in [0.29, 0.717) is 39.0 Å². The third-order valence-corrected chi connectivity index (χ3v) is 12.9. The van der Waals surface area contributed by atoms with Crippen molar-refractivity contribution in [3.63, 3.8) is 0 Å². The molecule has 2 bridgehead atoms. The van der Waals surface area contributed by atoms with Gasteiger partial charge < -0.3 is 15.3 Å². The number of sulfone groups is 1. The van der Waals surface area contributed by atoms with Gasteiger partial charge in [0.2, 0.25) is 15.9 Å². The zero-order valence-corrected chi connectivity index (χ0v) is 26.1. The molecule has 4 rings (SSSR count). The molecule has 1 amide bonds. The van der Waals surface area contributed by atoms with Crippen LogP contribution in [-0.4, -0.2) is 101 Å². The van der Waals surface area contributed by atoms with Crippen LogP contribution in [0.15, 0.2) is 24.3 Å². The van der Waals surface area contributed by atoms with E-state index in [1.165, 1.54) is 0 Å². The molecule has 0 radical (unpaired) electrons. The predicted octanol–water partition coefficient (Wildman–Crippen LogP) is 1.24. The summed E-state index contributed by atoms with van der Waals surface area (Å²) in [5.74, 6) is -1.76. The Morgan fingerprint density at radius 2 is 1.76 bits per heavy atom. The van der Waals surface area contributed by atoms with Crippen molar-refractivity contribution in [1.29, 1.82) is 0 Å². The van der Waals surface area contributed by atoms with Crippen LogP contribution in [0.1, 0.15) is 45.1 Å². The Labute approximate surface area is 244 Å². The number of carboxylic acids is 1. The lowest BCUT2D eigenvalue weighted by atomic mass is 9.69. The Morgan fingerprint density at radius 3 is 2.34 bits per heavy atom. The number of fused-ring (bicyclic) bond motifs is 2. The molecule has 11 nitrogen and oxygen atoms in total. The van der Waals surface area contributed by atoms with Crippen molar-refractivity contribution in [1.82, 2.24) is 14.9 Å². The van der Waals surface area contributed by atoms with Crippen molar-refractivity contribution < 1.29 is 31.5 Å². The van der Waals surface area contributed by atoms with Crippen molar-refractivity contribution in [3.05, 3.63) is 29.8 Å². The molecule has 0 spiro atoms. The summed E-state index contributed by atoms with van der Waals surface area (Å²) in [5, 5.41) is 14.8. The second-order valence-corrected chi connectivity index (χ2v) is 16.8. The van der Waals surface area contributed by atoms with E-state index < -0.39 is 55.8 Å². The second kappa shape index (κ2) is 11.8. The highest BCUT2D eigenvalue weighted by Crippen LogP contribution is 2.66. The molecule has 1 heterocycles. The Balaban J connectivity index is 1.49. The highest BCUT2D eigenvalue weighted by atomic mass is 32.2. The Kier molecular flexibility index (Phi) is 9.14. The number of anilines is 1. The SMILES string of the molecule is Cc1ccccc1N1CCN(S(=O)(=O)CC23CCC(CC2NC(=O)[C@H](CCS(C)(=O)=O)NCC(=O)O)C3(C)C)CC1. The minimum atomic E-state index is -3.65. The monoisotopic (exact) mass is 612 g/mol. The minimum absolute atomic E-state index is 0.0740. The average Bonchev–Trinajstić information content (AvgIpc) is 3.23. The molecule has 3 N–H and O–H groups in total. The fourth-order valence-electron chi connectivity index (χ4n) is 7.31. The molecule has 4 atom stereocenters. The number of carbonyl (C=O) groups is 2. The first-order chi connectivity index (χ1) is 19.1. The quantitative estimate of drug-likeness (QED) is 0.316. The standard InChI is InChI=1S/C28H44N4O7S2/c1-20-7-5-6-8-23(20)31-12-14-32(15-13-31)41(38,39)19-28-11-9-21(27(28,2)3)17-24(28)30-26(35)22(29-18-25(33)34)10-16-40(4,36)37/h5-8,21-22,24,29H,9-19H2,1-4H3,(H,30,35)(H,33,34)/t21?,22-,24?,28?/m0/s1. The summed E-state index contributed by atoms with van der Waals surface area (Å²) < 4.78 is 53.0. The Morgan fingerprint density at radius 1 is 1.10 bits per heavy atom. The fourth-order valence-corrected chi connectivity index (χ4v) is 10.2. The molecule has 0 aromatic heterocycles. The number of piperazine rings is 1. The van der Waals surface area contributed by atoms with E-state index in [-0.39, 0.29) is 29.3 Å². The lowest BCUT2D eigenvalue weighted by Crippen LogP contribution is -2.58. The van der Waals surface area contributed by atoms with Crippen molar-refractivity contribution in [2.45, 2.75) is 58.5 Å². The van der Waals surface area contributed by atoms with Crippen LogP contribution >= 0.6 is 0 Å². The van der Waals surface area contributed by atoms with E-state index in [1.807, 2.05) is 25.1 Å². The number of para-hydroxylation sites is 1. The van der Waals surface area contributed by atoms with Crippen molar-refractivity contribution in [3.8, 4) is 0 Å². The zero-order chi connectivity index (χ0) is 30.2. The topological polar surface area (TPSA) is 153 Å². The van der Waals surface area contributed by atoms with Gasteiger partial charge in [0.1, 0.15) is 9.84 Å². The number of benzene rings is 1. The minimum Gasteiger partial charge on any atom is -0.480 e. The number of nitrogens with zero attached hydrogens (tertiary/aromatic N) is 2. The smallest absolute Gasteiger partial charge is 0.317 e. The first-order valence-corrected chi connectivity index (χ1v) is 17.9. The third-order valence-electron chi connectivity index (χ3n) is 9.87. The summed E-state index contributed by atoms with van der Waals surface area (Å²) in [6.07, 6.45) is 3.17. The highest BCUT2D eigenvalue weighted by Gasteiger charge is 2.66. The van der Waals surface area contributed by atoms with Gasteiger partial charge in [0.15, 0.2) is 0 Å². The van der Waals surface area contributed by atoms with Gasteiger partial charge in [-0.3, -0.25) is 14.9 Å². The maximum absolute atomic E-state index is 13.9. The first kappa shape index (κ1) is 31.7. The van der Waals surface area contributed by atoms with E-state index in [4.69, 9.17) is 5.11 Å². The molecule has 13 heteroatoms. The molecular formula is C28H44N4O7S2. The number of rotatable bonds is 12. The average molecular weight is 613 g/mol. The molecular weight excluding hydrogens is 568 g/mol. The van der Waals surface area contributed by atoms with Crippen LogP contribution in [0.3, 0.4) is 0 Å². The van der Waals surface area contributed by atoms with Crippen molar-refractivity contribution >= 4 is 37.4 Å². The van der Waals surface area contributed by atoms with E-state index >= 15 is 0 Å². The number of aryl methyl sites for hydroxylation is 1. The maximum atomic E-state index is 13.9. The molecule has 1 saturated heterocycles. The third kappa shape index (κ3) is 6.73. The molecule has 3 fully saturated rings. The lowest BCUT2D eigenvalue weighted by Gasteiger charge is -2.44. The van der Waals surface area contributed by atoms with Gasteiger partial charge >= 0.3 is 5.97 Å². The summed E-state index contributed by atoms with van der Waals surface area (Å²) >= 11 is 0. The maximum Gasteiger partial charge on any atom is 0.317 e. The first-order valence-electron chi connectivity index (χ1n) is 14.3. The molecule has 1 aromatic carbocycles. The number of sulfonamides is 1. The molecule has 41 heavy (non-hydrogen) atoms. The molecule has 3 aliphatic rings. The largest absolute Gasteiger partial charge is 0.480 e. The van der Waals surface area contributed by atoms with Crippen molar-refractivity contribution in [2.75, 3.05) is 55.4 Å². The molecule has 1 aliphatic heterocycles. The van der Waals surface area contributed by atoms with Crippen molar-refractivity contribution in [2.24, 2.45) is 16.7 Å². The van der Waals surface area contributed by atoms with Gasteiger partial charge in [-0.15, -0.1) is 0 Å². The number of nitrogens with one attached hydrogen (secondary N) is 2. The number of aliphatic carboxylic acids is 1. The van der Waals surface area contributed by atoms with Gasteiger partial charge in [-0.2, -0.15) is 4.31 Å². The van der Waals surface area contributed by atoms with Crippen LogP contribution in [-0.2, 0) is 29.4 Å². The van der Waals surface area contributed by atoms with Gasteiger partial charge in [-0.25, -0.2) is 16.8 Å². The Hall–Kier alpha value is -2.22. The van der Waals surface area contributed by atoms with E-state index in [0.717, 1.165) is 23.9 Å². The summed E-state index contributed by atoms with van der Waals surface area (Å²) in [5.41, 5.74) is 1.24. The summed E-state index contributed by atoms with van der Waals surface area (Å²) in [6, 6.07) is 6.64. The lowest BCUT2D eigenvalue weighted by molar-refractivity contribution is -0.136.